The molecule has 1 aliphatic carbocycles. The Morgan fingerprint density at radius 2 is 1.62 bits per heavy atom. The van der Waals surface area contributed by atoms with E-state index in [1.165, 1.54) is 4.90 Å². The molecule has 45 heavy (non-hydrogen) atoms. The van der Waals surface area contributed by atoms with Crippen LogP contribution in [0, 0.1) is 18.8 Å². The summed E-state index contributed by atoms with van der Waals surface area (Å²) in [5.74, 6) is 0.690. The molecule has 1 aliphatic heterocycles. The molecule has 6 rings (SSSR count). The average Bonchev–Trinajstić information content (AvgIpc) is 3.45. The number of amides is 2. The summed E-state index contributed by atoms with van der Waals surface area (Å²) < 4.78 is 13.0. The van der Waals surface area contributed by atoms with Gasteiger partial charge < -0.3 is 14.0 Å². The molecule has 2 fully saturated rings. The fourth-order valence-corrected chi connectivity index (χ4v) is 6.52. The second kappa shape index (κ2) is 12.1. The van der Waals surface area contributed by atoms with Crippen LogP contribution in [-0.4, -0.2) is 38.1 Å². The predicted octanol–water partition coefficient (Wildman–Crippen LogP) is 7.40. The van der Waals surface area contributed by atoms with Crippen molar-refractivity contribution in [2.24, 2.45) is 11.8 Å². The van der Waals surface area contributed by atoms with E-state index in [1.54, 1.807) is 26.8 Å². The predicted molar refractivity (Wildman–Crippen MR) is 172 cm³/mol. The number of benzene rings is 2. The number of imide groups is 1. The molecule has 0 spiro atoms. The van der Waals surface area contributed by atoms with Crippen molar-refractivity contribution in [1.29, 1.82) is 0 Å². The summed E-state index contributed by atoms with van der Waals surface area (Å²) in [7, 11) is 0. The lowest BCUT2D eigenvalue weighted by Crippen LogP contribution is -2.31. The normalized spacial score (nSPS) is 18.4. The van der Waals surface area contributed by atoms with Crippen LogP contribution < -0.4 is 9.64 Å². The van der Waals surface area contributed by atoms with Crippen LogP contribution in [-0.2, 0) is 27.3 Å². The minimum absolute atomic E-state index is 0.0969. The Balaban J connectivity index is 1.31. The Morgan fingerprint density at radius 1 is 0.956 bits per heavy atom. The van der Waals surface area contributed by atoms with Crippen molar-refractivity contribution >= 4 is 34.8 Å². The molecule has 0 bridgehead atoms. The Kier molecular flexibility index (Phi) is 8.20. The van der Waals surface area contributed by atoms with E-state index in [1.807, 2.05) is 55.5 Å². The van der Waals surface area contributed by atoms with Crippen LogP contribution in [0.2, 0.25) is 0 Å². The molecular weight excluding hydrogens is 568 g/mol. The number of para-hydroxylation sites is 1. The number of ether oxygens (including phenoxy) is 2. The smallest absolute Gasteiger partial charge is 0.428 e. The first-order valence-corrected chi connectivity index (χ1v) is 15.9. The van der Waals surface area contributed by atoms with E-state index in [9.17, 15) is 14.4 Å². The van der Waals surface area contributed by atoms with Crippen LogP contribution in [0.4, 0.5) is 10.5 Å². The van der Waals surface area contributed by atoms with Crippen LogP contribution >= 0.6 is 0 Å². The van der Waals surface area contributed by atoms with Gasteiger partial charge in [-0.05, 0) is 70.2 Å². The lowest BCUT2D eigenvalue weighted by atomic mass is 9.81. The molecule has 0 unspecified atom stereocenters. The van der Waals surface area contributed by atoms with Gasteiger partial charge in [-0.25, -0.2) is 19.7 Å². The Hall–Kier alpha value is -4.53. The standard InChI is InChI=1S/C36H40N4O5/c1-6-11-31-38-32-29(20-28(22(2)37-32)40-33(41)26-13-7-8-14-27(26)34(40)42)39(31)21-23-16-18-24(19-17-23)25-12-9-10-15-30(25)44-35(43)45-36(3,4)5/h9-10,12,15-20,26-27H,6-8,11,13-14,21H2,1-5H3/t26-,27+. The number of carbonyl (C=O) groups is 3. The van der Waals surface area contributed by atoms with Gasteiger partial charge in [0, 0.05) is 18.5 Å². The quantitative estimate of drug-likeness (QED) is 0.122. The summed E-state index contributed by atoms with van der Waals surface area (Å²) in [6.07, 6.45) is 4.44. The Labute approximate surface area is 263 Å². The van der Waals surface area contributed by atoms with Crippen LogP contribution in [0.15, 0.2) is 54.6 Å². The lowest BCUT2D eigenvalue weighted by molar-refractivity contribution is -0.122. The van der Waals surface area contributed by atoms with E-state index in [0.717, 1.165) is 66.6 Å². The molecule has 1 saturated heterocycles. The molecule has 0 N–H and O–H groups in total. The van der Waals surface area contributed by atoms with Gasteiger partial charge >= 0.3 is 6.16 Å². The largest absolute Gasteiger partial charge is 0.514 e. The topological polar surface area (TPSA) is 104 Å². The SMILES string of the molecule is CCCc1nc2nc(C)c(N3C(=O)[C@H]4CCCC[C@H]4C3=O)cc2n1Cc1ccc(-c2ccccc2OC(=O)OC(C)(C)C)cc1. The summed E-state index contributed by atoms with van der Waals surface area (Å²) in [6, 6.07) is 17.4. The van der Waals surface area contributed by atoms with E-state index in [2.05, 4.69) is 11.5 Å². The third-order valence-corrected chi connectivity index (χ3v) is 8.62. The number of imidazole rings is 1. The van der Waals surface area contributed by atoms with Crippen molar-refractivity contribution in [3.05, 3.63) is 71.7 Å². The molecule has 0 radical (unpaired) electrons. The monoisotopic (exact) mass is 608 g/mol. The zero-order chi connectivity index (χ0) is 31.9. The highest BCUT2D eigenvalue weighted by Gasteiger charge is 2.49. The van der Waals surface area contributed by atoms with E-state index in [0.29, 0.717) is 29.3 Å². The molecule has 9 heteroatoms. The molecule has 2 aromatic heterocycles. The van der Waals surface area contributed by atoms with Crippen LogP contribution in [0.25, 0.3) is 22.3 Å². The number of aromatic nitrogens is 3. The number of pyridine rings is 1. The van der Waals surface area contributed by atoms with Crippen LogP contribution in [0.5, 0.6) is 5.75 Å². The maximum absolute atomic E-state index is 13.4. The molecule has 3 heterocycles. The van der Waals surface area contributed by atoms with Gasteiger partial charge in [0.15, 0.2) is 5.65 Å². The van der Waals surface area contributed by atoms with Gasteiger partial charge in [-0.3, -0.25) is 9.59 Å². The van der Waals surface area contributed by atoms with Crippen molar-refractivity contribution < 1.29 is 23.9 Å². The number of rotatable bonds is 7. The lowest BCUT2D eigenvalue weighted by Gasteiger charge is -2.19. The first kappa shape index (κ1) is 30.5. The second-order valence-corrected chi connectivity index (χ2v) is 13.1. The highest BCUT2D eigenvalue weighted by atomic mass is 16.7. The van der Waals surface area contributed by atoms with Gasteiger partial charge in [0.1, 0.15) is 17.2 Å². The summed E-state index contributed by atoms with van der Waals surface area (Å²) in [5.41, 5.74) is 4.67. The summed E-state index contributed by atoms with van der Waals surface area (Å²) in [4.78, 5) is 50.3. The maximum Gasteiger partial charge on any atom is 0.514 e. The van der Waals surface area contributed by atoms with Crippen molar-refractivity contribution in [1.82, 2.24) is 14.5 Å². The Morgan fingerprint density at radius 3 is 2.27 bits per heavy atom. The van der Waals surface area contributed by atoms with Crippen molar-refractivity contribution in [3.63, 3.8) is 0 Å². The molecule has 4 aromatic rings. The number of nitrogens with zero attached hydrogens (tertiary/aromatic N) is 4. The third kappa shape index (κ3) is 6.08. The number of hydrogen-bond acceptors (Lipinski definition) is 7. The molecule has 2 amide bonds. The first-order valence-electron chi connectivity index (χ1n) is 15.9. The van der Waals surface area contributed by atoms with Gasteiger partial charge in [0.05, 0.1) is 28.7 Å². The molecule has 2 atom stereocenters. The highest BCUT2D eigenvalue weighted by molar-refractivity contribution is 6.22. The van der Waals surface area contributed by atoms with Crippen molar-refractivity contribution in [3.8, 4) is 16.9 Å². The number of hydrogen-bond donors (Lipinski definition) is 0. The number of fused-ring (bicyclic) bond motifs is 2. The number of anilines is 1. The average molecular weight is 609 g/mol. The van der Waals surface area contributed by atoms with E-state index in [4.69, 9.17) is 19.4 Å². The molecule has 2 aliphatic rings. The zero-order valence-electron chi connectivity index (χ0n) is 26.6. The molecule has 9 nitrogen and oxygen atoms in total. The molecular formula is C36H40N4O5. The van der Waals surface area contributed by atoms with Crippen LogP contribution in [0.1, 0.15) is 76.9 Å². The second-order valence-electron chi connectivity index (χ2n) is 13.1. The van der Waals surface area contributed by atoms with Gasteiger partial charge in [0.2, 0.25) is 11.8 Å². The fourth-order valence-electron chi connectivity index (χ4n) is 6.52. The number of aryl methyl sites for hydroxylation is 2. The molecule has 2 aromatic carbocycles. The minimum Gasteiger partial charge on any atom is -0.428 e. The molecule has 234 valence electrons. The summed E-state index contributed by atoms with van der Waals surface area (Å²) in [5, 5.41) is 0. The zero-order valence-corrected chi connectivity index (χ0v) is 26.6. The third-order valence-electron chi connectivity index (χ3n) is 8.62. The van der Waals surface area contributed by atoms with E-state index < -0.39 is 11.8 Å². The van der Waals surface area contributed by atoms with Gasteiger partial charge in [-0.15, -0.1) is 0 Å². The molecule has 1 saturated carbocycles. The van der Waals surface area contributed by atoms with E-state index in [-0.39, 0.29) is 23.7 Å². The summed E-state index contributed by atoms with van der Waals surface area (Å²) in [6.45, 7) is 9.89. The van der Waals surface area contributed by atoms with Gasteiger partial charge in [-0.1, -0.05) is 62.2 Å². The maximum atomic E-state index is 13.4. The van der Waals surface area contributed by atoms with E-state index >= 15 is 0 Å². The minimum atomic E-state index is -0.749. The van der Waals surface area contributed by atoms with Crippen molar-refractivity contribution in [2.45, 2.75) is 85.3 Å². The first-order chi connectivity index (χ1) is 21.5. The van der Waals surface area contributed by atoms with Gasteiger partial charge in [-0.2, -0.15) is 0 Å². The Bertz CT molecular complexity index is 1740. The number of carbonyl (C=O) groups excluding carboxylic acids is 3. The fraction of sp³-hybridized carbons (Fsp3) is 0.417. The highest BCUT2D eigenvalue weighted by Crippen LogP contribution is 2.41. The van der Waals surface area contributed by atoms with Gasteiger partial charge in [0.25, 0.3) is 0 Å². The summed E-state index contributed by atoms with van der Waals surface area (Å²) >= 11 is 0. The van der Waals surface area contributed by atoms with Crippen LogP contribution in [0.3, 0.4) is 0 Å². The van der Waals surface area contributed by atoms with Crippen molar-refractivity contribution in [2.75, 3.05) is 4.90 Å².